The van der Waals surface area contributed by atoms with Crippen LogP contribution in [-0.4, -0.2) is 42.2 Å². The second kappa shape index (κ2) is 7.43. The highest BCUT2D eigenvalue weighted by Gasteiger charge is 2.22. The predicted molar refractivity (Wildman–Crippen MR) is 84.3 cm³/mol. The Kier molecular flexibility index (Phi) is 5.86. The zero-order chi connectivity index (χ0) is 14.5. The van der Waals surface area contributed by atoms with Gasteiger partial charge in [-0.05, 0) is 24.6 Å². The Hall–Kier alpha value is -0.590. The van der Waals surface area contributed by atoms with Gasteiger partial charge in [-0.2, -0.15) is 0 Å². The monoisotopic (exact) mass is 360 g/mol. The molecule has 0 unspecified atom stereocenters. The van der Waals surface area contributed by atoms with Crippen LogP contribution in [0.5, 0.6) is 0 Å². The molecule has 0 bridgehead atoms. The largest absolute Gasteiger partial charge is 0.337 e. The first-order valence-corrected chi connectivity index (χ1v) is 8.54. The number of hydrogen-bond acceptors (Lipinski definition) is 3. The number of nitrogens with one attached hydrogen (secondary N) is 1. The van der Waals surface area contributed by atoms with Crippen molar-refractivity contribution >= 4 is 33.6 Å². The van der Waals surface area contributed by atoms with Crippen molar-refractivity contribution in [2.45, 2.75) is 18.7 Å². The van der Waals surface area contributed by atoms with E-state index in [0.29, 0.717) is 17.1 Å². The van der Waals surface area contributed by atoms with Crippen LogP contribution in [0, 0.1) is 5.82 Å². The second-order valence-corrected chi connectivity index (χ2v) is 6.77. The van der Waals surface area contributed by atoms with Crippen LogP contribution in [0.1, 0.15) is 12.5 Å². The van der Waals surface area contributed by atoms with Gasteiger partial charge in [-0.15, -0.1) is 11.8 Å². The van der Waals surface area contributed by atoms with Crippen molar-refractivity contribution in [2.24, 2.45) is 0 Å². The number of amides is 1. The first-order chi connectivity index (χ1) is 9.58. The van der Waals surface area contributed by atoms with E-state index in [2.05, 4.69) is 21.2 Å². The maximum Gasteiger partial charge on any atom is 0.232 e. The molecule has 0 radical (unpaired) electrons. The van der Waals surface area contributed by atoms with Gasteiger partial charge < -0.3 is 10.2 Å². The van der Waals surface area contributed by atoms with Gasteiger partial charge in [-0.3, -0.25) is 4.79 Å². The fourth-order valence-electron chi connectivity index (χ4n) is 2.18. The van der Waals surface area contributed by atoms with Crippen LogP contribution in [0.2, 0.25) is 0 Å². The van der Waals surface area contributed by atoms with Crippen LogP contribution in [-0.2, 0) is 10.5 Å². The van der Waals surface area contributed by atoms with E-state index in [0.717, 1.165) is 24.1 Å². The summed E-state index contributed by atoms with van der Waals surface area (Å²) < 4.78 is 14.4. The predicted octanol–water partition coefficient (Wildman–Crippen LogP) is 2.64. The third-order valence-electron chi connectivity index (χ3n) is 3.32. The van der Waals surface area contributed by atoms with Gasteiger partial charge in [-0.25, -0.2) is 4.39 Å². The molecule has 0 aliphatic carbocycles. The van der Waals surface area contributed by atoms with Crippen molar-refractivity contribution in [1.29, 1.82) is 0 Å². The Bertz CT molecular complexity index is 486. The number of benzene rings is 1. The summed E-state index contributed by atoms with van der Waals surface area (Å²) in [5, 5.41) is 3.26. The summed E-state index contributed by atoms with van der Waals surface area (Å²) in [5.41, 5.74) is 0.638. The number of thioether (sulfide) groups is 1. The third kappa shape index (κ3) is 4.20. The highest BCUT2D eigenvalue weighted by atomic mass is 79.9. The van der Waals surface area contributed by atoms with Crippen molar-refractivity contribution < 1.29 is 9.18 Å². The van der Waals surface area contributed by atoms with Gasteiger partial charge in [0.25, 0.3) is 0 Å². The van der Waals surface area contributed by atoms with E-state index < -0.39 is 0 Å². The van der Waals surface area contributed by atoms with Crippen molar-refractivity contribution in [2.75, 3.05) is 25.4 Å². The fraction of sp³-hybridized carbons (Fsp3) is 0.500. The van der Waals surface area contributed by atoms with Crippen LogP contribution in [0.15, 0.2) is 22.7 Å². The van der Waals surface area contributed by atoms with Crippen LogP contribution < -0.4 is 5.32 Å². The minimum Gasteiger partial charge on any atom is -0.337 e. The lowest BCUT2D eigenvalue weighted by Gasteiger charge is -2.34. The first kappa shape index (κ1) is 15.8. The van der Waals surface area contributed by atoms with Gasteiger partial charge in [0.1, 0.15) is 5.82 Å². The van der Waals surface area contributed by atoms with Crippen molar-refractivity contribution in [1.82, 2.24) is 10.2 Å². The van der Waals surface area contributed by atoms with E-state index in [1.165, 1.54) is 17.8 Å². The smallest absolute Gasteiger partial charge is 0.232 e. The van der Waals surface area contributed by atoms with Crippen LogP contribution in [0.4, 0.5) is 4.39 Å². The van der Waals surface area contributed by atoms with Gasteiger partial charge in [0.15, 0.2) is 0 Å². The Balaban J connectivity index is 1.81. The van der Waals surface area contributed by atoms with E-state index in [-0.39, 0.29) is 17.8 Å². The first-order valence-electron chi connectivity index (χ1n) is 6.60. The number of nitrogens with zero attached hydrogens (tertiary/aromatic N) is 1. The molecule has 3 nitrogen and oxygen atoms in total. The second-order valence-electron chi connectivity index (χ2n) is 4.87. The Morgan fingerprint density at radius 2 is 2.40 bits per heavy atom. The highest BCUT2D eigenvalue weighted by Crippen LogP contribution is 2.20. The van der Waals surface area contributed by atoms with Gasteiger partial charge in [0, 0.05) is 35.9 Å². The minimum absolute atomic E-state index is 0.140. The summed E-state index contributed by atoms with van der Waals surface area (Å²) in [6, 6.07) is 5.26. The molecule has 6 heteroatoms. The fourth-order valence-corrected chi connectivity index (χ4v) is 3.41. The molecule has 1 heterocycles. The molecule has 1 aliphatic heterocycles. The topological polar surface area (TPSA) is 32.3 Å². The normalized spacial score (nSPS) is 19.1. The number of rotatable bonds is 4. The molecule has 1 aliphatic rings. The van der Waals surface area contributed by atoms with Gasteiger partial charge >= 0.3 is 0 Å². The van der Waals surface area contributed by atoms with Gasteiger partial charge in [-0.1, -0.05) is 22.0 Å². The van der Waals surface area contributed by atoms with E-state index in [1.54, 1.807) is 6.07 Å². The summed E-state index contributed by atoms with van der Waals surface area (Å²) in [4.78, 5) is 14.0. The molecule has 110 valence electrons. The summed E-state index contributed by atoms with van der Waals surface area (Å²) >= 11 is 4.70. The minimum atomic E-state index is -0.227. The summed E-state index contributed by atoms with van der Waals surface area (Å²) in [7, 11) is 0. The van der Waals surface area contributed by atoms with E-state index in [1.807, 2.05) is 17.9 Å². The Morgan fingerprint density at radius 1 is 1.60 bits per heavy atom. The number of carbonyl (C=O) groups excluding carboxylic acids is 1. The molecule has 1 atom stereocenters. The SMILES string of the molecule is C[C@H]1CNCCN1C(=O)CSCc1ccc(Br)cc1F. The molecule has 0 saturated carbocycles. The van der Waals surface area contributed by atoms with E-state index in [4.69, 9.17) is 0 Å². The number of carbonyl (C=O) groups is 1. The van der Waals surface area contributed by atoms with Crippen molar-refractivity contribution in [3.63, 3.8) is 0 Å². The van der Waals surface area contributed by atoms with Crippen molar-refractivity contribution in [3.8, 4) is 0 Å². The average Bonchev–Trinajstić information content (AvgIpc) is 2.41. The molecular formula is C14H18BrFN2OS. The zero-order valence-electron chi connectivity index (χ0n) is 11.4. The number of piperazine rings is 1. The molecule has 1 amide bonds. The van der Waals surface area contributed by atoms with Crippen molar-refractivity contribution in [3.05, 3.63) is 34.1 Å². The van der Waals surface area contributed by atoms with E-state index in [9.17, 15) is 9.18 Å². The molecule has 1 aromatic carbocycles. The Labute approximate surface area is 131 Å². The summed E-state index contributed by atoms with van der Waals surface area (Å²) in [6.07, 6.45) is 0. The summed E-state index contributed by atoms with van der Waals surface area (Å²) in [5.74, 6) is 0.835. The summed E-state index contributed by atoms with van der Waals surface area (Å²) in [6.45, 7) is 4.50. The van der Waals surface area contributed by atoms with Gasteiger partial charge in [0.2, 0.25) is 5.91 Å². The average molecular weight is 361 g/mol. The molecule has 20 heavy (non-hydrogen) atoms. The maximum atomic E-state index is 13.6. The quantitative estimate of drug-likeness (QED) is 0.895. The molecule has 0 aromatic heterocycles. The van der Waals surface area contributed by atoms with E-state index >= 15 is 0 Å². The molecule has 1 saturated heterocycles. The molecular weight excluding hydrogens is 343 g/mol. The molecule has 0 spiro atoms. The highest BCUT2D eigenvalue weighted by molar-refractivity contribution is 9.10. The van der Waals surface area contributed by atoms with Crippen LogP contribution in [0.25, 0.3) is 0 Å². The number of hydrogen-bond donors (Lipinski definition) is 1. The lowest BCUT2D eigenvalue weighted by Crippen LogP contribution is -2.52. The zero-order valence-corrected chi connectivity index (χ0v) is 13.8. The molecule has 1 fully saturated rings. The Morgan fingerprint density at radius 3 is 3.10 bits per heavy atom. The molecule has 2 rings (SSSR count). The van der Waals surface area contributed by atoms with Crippen LogP contribution >= 0.6 is 27.7 Å². The standard InChI is InChI=1S/C14H18BrFN2OS/c1-10-7-17-4-5-18(10)14(19)9-20-8-11-2-3-12(15)6-13(11)16/h2-3,6,10,17H,4-5,7-9H2,1H3/t10-/m0/s1. The van der Waals surface area contributed by atoms with Crippen LogP contribution in [0.3, 0.4) is 0 Å². The molecule has 1 N–H and O–H groups in total. The lowest BCUT2D eigenvalue weighted by atomic mass is 10.2. The number of halogens is 2. The maximum absolute atomic E-state index is 13.6. The third-order valence-corrected chi connectivity index (χ3v) is 4.78. The molecule has 1 aromatic rings. The van der Waals surface area contributed by atoms with Gasteiger partial charge in [0.05, 0.1) is 5.75 Å². The lowest BCUT2D eigenvalue weighted by molar-refractivity contribution is -0.131.